The Kier molecular flexibility index (Phi) is 3.98. The highest BCUT2D eigenvalue weighted by Crippen LogP contribution is 2.16. The van der Waals surface area contributed by atoms with Crippen LogP contribution in [0.5, 0.6) is 0 Å². The number of carbonyl (C=O) groups excluding carboxylic acids is 1. The highest BCUT2D eigenvalue weighted by Gasteiger charge is 2.24. The maximum atomic E-state index is 11.5. The van der Waals surface area contributed by atoms with E-state index in [9.17, 15) is 4.79 Å². The van der Waals surface area contributed by atoms with Crippen LogP contribution in [0.25, 0.3) is 0 Å². The van der Waals surface area contributed by atoms with Crippen molar-refractivity contribution in [2.24, 2.45) is 5.41 Å². The lowest BCUT2D eigenvalue weighted by Gasteiger charge is -2.32. The Balaban J connectivity index is 4.11. The molecule has 0 bridgehead atoms. The summed E-state index contributed by atoms with van der Waals surface area (Å²) in [5.41, 5.74) is -0.163. The summed E-state index contributed by atoms with van der Waals surface area (Å²) in [5.74, 6) is 0. The quantitative estimate of drug-likeness (QED) is 0.653. The molecular formula is C11H23NO2. The summed E-state index contributed by atoms with van der Waals surface area (Å²) < 4.78 is 5.18. The summed E-state index contributed by atoms with van der Waals surface area (Å²) in [5, 5.41) is 0. The van der Waals surface area contributed by atoms with Gasteiger partial charge in [0.25, 0.3) is 0 Å². The van der Waals surface area contributed by atoms with Gasteiger partial charge >= 0.3 is 6.09 Å². The second-order valence-corrected chi connectivity index (χ2v) is 5.85. The van der Waals surface area contributed by atoms with Crippen LogP contribution in [0.3, 0.4) is 0 Å². The molecule has 0 rings (SSSR count). The molecule has 0 spiro atoms. The molecule has 0 N–H and O–H groups in total. The third kappa shape index (κ3) is 5.10. The highest BCUT2D eigenvalue weighted by molar-refractivity contribution is 5.68. The molecule has 0 saturated heterocycles. The van der Waals surface area contributed by atoms with Crippen LogP contribution in [-0.4, -0.2) is 30.2 Å². The Hall–Kier alpha value is -0.730. The van der Waals surface area contributed by atoms with Crippen molar-refractivity contribution in [3.8, 4) is 0 Å². The SMILES string of the molecule is CN(C(=O)OCC(C)(C)C)C(C)(C)C. The van der Waals surface area contributed by atoms with Gasteiger partial charge in [0.05, 0.1) is 6.61 Å². The molecule has 3 nitrogen and oxygen atoms in total. The maximum Gasteiger partial charge on any atom is 0.409 e. The molecule has 0 radical (unpaired) electrons. The molecule has 0 aromatic rings. The maximum absolute atomic E-state index is 11.5. The minimum Gasteiger partial charge on any atom is -0.449 e. The van der Waals surface area contributed by atoms with Gasteiger partial charge in [-0.2, -0.15) is 0 Å². The van der Waals surface area contributed by atoms with Crippen molar-refractivity contribution in [3.05, 3.63) is 0 Å². The first-order chi connectivity index (χ1) is 6.04. The molecule has 84 valence electrons. The normalized spacial score (nSPS) is 12.5. The molecule has 0 aromatic carbocycles. The van der Waals surface area contributed by atoms with Crippen molar-refractivity contribution in [2.75, 3.05) is 13.7 Å². The minimum absolute atomic E-state index is 0.0222. The fourth-order valence-corrected chi connectivity index (χ4v) is 0.649. The topological polar surface area (TPSA) is 29.5 Å². The number of hydrogen-bond donors (Lipinski definition) is 0. The van der Waals surface area contributed by atoms with E-state index in [4.69, 9.17) is 4.74 Å². The number of nitrogens with zero attached hydrogens (tertiary/aromatic N) is 1. The number of amides is 1. The molecule has 0 fully saturated rings. The van der Waals surface area contributed by atoms with E-state index in [0.29, 0.717) is 6.61 Å². The molecule has 0 aliphatic heterocycles. The van der Waals surface area contributed by atoms with E-state index in [2.05, 4.69) is 0 Å². The first-order valence-electron chi connectivity index (χ1n) is 4.94. The Morgan fingerprint density at radius 3 is 1.86 bits per heavy atom. The van der Waals surface area contributed by atoms with Crippen LogP contribution in [0, 0.1) is 5.41 Å². The second kappa shape index (κ2) is 4.20. The van der Waals surface area contributed by atoms with Crippen LogP contribution < -0.4 is 0 Å². The summed E-state index contributed by atoms with van der Waals surface area (Å²) in [4.78, 5) is 13.1. The van der Waals surface area contributed by atoms with Gasteiger partial charge in [-0.3, -0.25) is 0 Å². The monoisotopic (exact) mass is 201 g/mol. The Morgan fingerprint density at radius 2 is 1.57 bits per heavy atom. The van der Waals surface area contributed by atoms with E-state index in [1.165, 1.54) is 0 Å². The van der Waals surface area contributed by atoms with Gasteiger partial charge < -0.3 is 9.64 Å². The van der Waals surface area contributed by atoms with Gasteiger partial charge in [0.1, 0.15) is 0 Å². The van der Waals surface area contributed by atoms with Gasteiger partial charge in [-0.05, 0) is 26.2 Å². The number of hydrogen-bond acceptors (Lipinski definition) is 2. The fraction of sp³-hybridized carbons (Fsp3) is 0.909. The summed E-state index contributed by atoms with van der Waals surface area (Å²) >= 11 is 0. The van der Waals surface area contributed by atoms with Gasteiger partial charge in [-0.1, -0.05) is 20.8 Å². The van der Waals surface area contributed by atoms with Crippen LogP contribution in [0.2, 0.25) is 0 Å². The summed E-state index contributed by atoms with van der Waals surface area (Å²) in [6.45, 7) is 12.5. The largest absolute Gasteiger partial charge is 0.449 e. The van der Waals surface area contributed by atoms with Crippen LogP contribution >= 0.6 is 0 Å². The first kappa shape index (κ1) is 13.3. The van der Waals surface area contributed by atoms with E-state index >= 15 is 0 Å². The lowest BCUT2D eigenvalue weighted by molar-refractivity contribution is 0.0566. The predicted molar refractivity (Wildman–Crippen MR) is 58.3 cm³/mol. The van der Waals surface area contributed by atoms with Crippen molar-refractivity contribution in [3.63, 3.8) is 0 Å². The molecule has 0 aliphatic carbocycles. The summed E-state index contributed by atoms with van der Waals surface area (Å²) in [6, 6.07) is 0. The first-order valence-corrected chi connectivity index (χ1v) is 4.94. The molecule has 0 saturated carbocycles. The standard InChI is InChI=1S/C11H23NO2/c1-10(2,3)8-14-9(13)12(7)11(4,5)6/h8H2,1-7H3. The molecule has 14 heavy (non-hydrogen) atoms. The van der Waals surface area contributed by atoms with Crippen LogP contribution in [0.4, 0.5) is 4.79 Å². The van der Waals surface area contributed by atoms with E-state index in [-0.39, 0.29) is 17.0 Å². The van der Waals surface area contributed by atoms with E-state index in [0.717, 1.165) is 0 Å². The van der Waals surface area contributed by atoms with Crippen LogP contribution in [0.1, 0.15) is 41.5 Å². The van der Waals surface area contributed by atoms with Crippen molar-refractivity contribution >= 4 is 6.09 Å². The van der Waals surface area contributed by atoms with Crippen molar-refractivity contribution in [2.45, 2.75) is 47.1 Å². The van der Waals surface area contributed by atoms with Gasteiger partial charge in [0, 0.05) is 12.6 Å². The lowest BCUT2D eigenvalue weighted by atomic mass is 9.99. The van der Waals surface area contributed by atoms with Crippen molar-refractivity contribution in [1.82, 2.24) is 4.90 Å². The Bertz CT molecular complexity index is 198. The second-order valence-electron chi connectivity index (χ2n) is 5.85. The average Bonchev–Trinajstić information content (AvgIpc) is 1.95. The van der Waals surface area contributed by atoms with E-state index in [1.807, 2.05) is 41.5 Å². The van der Waals surface area contributed by atoms with Gasteiger partial charge in [0.2, 0.25) is 0 Å². The van der Waals surface area contributed by atoms with Crippen LogP contribution in [0.15, 0.2) is 0 Å². The zero-order valence-corrected chi connectivity index (χ0v) is 10.5. The molecule has 0 atom stereocenters. The van der Waals surface area contributed by atoms with E-state index < -0.39 is 0 Å². The number of carbonyl (C=O) groups is 1. The van der Waals surface area contributed by atoms with E-state index in [1.54, 1.807) is 11.9 Å². The molecule has 0 aliphatic rings. The smallest absolute Gasteiger partial charge is 0.409 e. The predicted octanol–water partition coefficient (Wildman–Crippen LogP) is 2.90. The van der Waals surface area contributed by atoms with Gasteiger partial charge in [-0.25, -0.2) is 4.79 Å². The molecule has 0 aromatic heterocycles. The fourth-order valence-electron chi connectivity index (χ4n) is 0.649. The average molecular weight is 201 g/mol. The van der Waals surface area contributed by atoms with Gasteiger partial charge in [-0.15, -0.1) is 0 Å². The molecule has 0 heterocycles. The van der Waals surface area contributed by atoms with Crippen molar-refractivity contribution < 1.29 is 9.53 Å². The zero-order chi connectivity index (χ0) is 11.6. The van der Waals surface area contributed by atoms with Crippen LogP contribution in [-0.2, 0) is 4.74 Å². The number of ether oxygens (including phenoxy) is 1. The van der Waals surface area contributed by atoms with Crippen molar-refractivity contribution in [1.29, 1.82) is 0 Å². The summed E-state index contributed by atoms with van der Waals surface area (Å²) in [6.07, 6.45) is -0.257. The van der Waals surface area contributed by atoms with Gasteiger partial charge in [0.15, 0.2) is 0 Å². The zero-order valence-electron chi connectivity index (χ0n) is 10.5. The highest BCUT2D eigenvalue weighted by atomic mass is 16.6. The lowest BCUT2D eigenvalue weighted by Crippen LogP contribution is -2.43. The third-order valence-electron chi connectivity index (χ3n) is 1.91. The number of rotatable bonds is 1. The minimum atomic E-state index is -0.257. The molecule has 0 unspecified atom stereocenters. The Morgan fingerprint density at radius 1 is 1.14 bits per heavy atom. The third-order valence-corrected chi connectivity index (χ3v) is 1.91. The molecule has 1 amide bonds. The Labute approximate surface area is 87.4 Å². The molecular weight excluding hydrogens is 178 g/mol. The molecule has 3 heteroatoms. The summed E-state index contributed by atoms with van der Waals surface area (Å²) in [7, 11) is 1.75.